The minimum absolute atomic E-state index is 0.0246. The molecule has 0 aliphatic heterocycles. The average Bonchev–Trinajstić information content (AvgIpc) is 2.49. The maximum absolute atomic E-state index is 13.7. The van der Waals surface area contributed by atoms with Gasteiger partial charge in [-0.2, -0.15) is 0 Å². The monoisotopic (exact) mass is 286 g/mol. The van der Waals surface area contributed by atoms with Gasteiger partial charge in [-0.1, -0.05) is 35.0 Å². The maximum atomic E-state index is 13.7. The van der Waals surface area contributed by atoms with Crippen LogP contribution in [0.1, 0.15) is 28.4 Å². The first-order valence-corrected chi connectivity index (χ1v) is 6.38. The third-order valence-corrected chi connectivity index (χ3v) is 3.08. The van der Waals surface area contributed by atoms with E-state index in [0.29, 0.717) is 17.0 Å². The quantitative estimate of drug-likeness (QED) is 0.514. The second-order valence-corrected chi connectivity index (χ2v) is 4.67. The van der Waals surface area contributed by atoms with Crippen LogP contribution in [0.2, 0.25) is 0 Å². The predicted molar refractivity (Wildman–Crippen MR) is 79.5 cm³/mol. The molecule has 0 unspecified atom stereocenters. The Balaban J connectivity index is 2.34. The zero-order valence-corrected chi connectivity index (χ0v) is 11.7. The number of hydrogen-bond acceptors (Lipinski definition) is 3. The smallest absolute Gasteiger partial charge is 0.258 e. The number of amides is 1. The number of carbonyl (C=O) groups excluding carboxylic acids is 1. The summed E-state index contributed by atoms with van der Waals surface area (Å²) in [6, 6.07) is 11.2. The van der Waals surface area contributed by atoms with Gasteiger partial charge in [0.15, 0.2) is 0 Å². The van der Waals surface area contributed by atoms with Crippen molar-refractivity contribution in [1.82, 2.24) is 0 Å². The number of oxime groups is 1. The molecule has 0 atom stereocenters. The predicted octanol–water partition coefficient (Wildman–Crippen LogP) is 3.58. The van der Waals surface area contributed by atoms with E-state index in [1.165, 1.54) is 12.1 Å². The molecule has 0 radical (unpaired) electrons. The van der Waals surface area contributed by atoms with Crippen LogP contribution < -0.4 is 5.32 Å². The number of benzene rings is 2. The first-order chi connectivity index (χ1) is 10.0. The lowest BCUT2D eigenvalue weighted by Crippen LogP contribution is -2.16. The summed E-state index contributed by atoms with van der Waals surface area (Å²) in [5.41, 5.74) is 2.15. The average molecular weight is 286 g/mol. The molecule has 0 aromatic heterocycles. The van der Waals surface area contributed by atoms with Gasteiger partial charge in [-0.3, -0.25) is 4.79 Å². The van der Waals surface area contributed by atoms with Crippen molar-refractivity contribution in [2.75, 3.05) is 5.32 Å². The Morgan fingerprint density at radius 2 is 1.90 bits per heavy atom. The van der Waals surface area contributed by atoms with Gasteiger partial charge in [0.05, 0.1) is 17.0 Å². The number of nitrogens with zero attached hydrogens (tertiary/aromatic N) is 1. The summed E-state index contributed by atoms with van der Waals surface area (Å²) in [5.74, 6) is -1.13. The van der Waals surface area contributed by atoms with Crippen molar-refractivity contribution in [3.05, 3.63) is 65.0 Å². The first kappa shape index (κ1) is 14.7. The van der Waals surface area contributed by atoms with E-state index in [1.54, 1.807) is 44.2 Å². The molecule has 2 aromatic rings. The van der Waals surface area contributed by atoms with Gasteiger partial charge >= 0.3 is 0 Å². The SMILES string of the molecule is CC(=NO)c1ccccc1NC(=O)c1cc(C)ccc1F. The van der Waals surface area contributed by atoms with Gasteiger partial charge in [-0.05, 0) is 32.0 Å². The Labute approximate surface area is 121 Å². The highest BCUT2D eigenvalue weighted by Gasteiger charge is 2.14. The van der Waals surface area contributed by atoms with Gasteiger partial charge < -0.3 is 10.5 Å². The van der Waals surface area contributed by atoms with Crippen molar-refractivity contribution in [1.29, 1.82) is 0 Å². The summed E-state index contributed by atoms with van der Waals surface area (Å²) in [6.07, 6.45) is 0. The number of carbonyl (C=O) groups is 1. The number of para-hydroxylation sites is 1. The molecule has 2 rings (SSSR count). The number of hydrogen-bond donors (Lipinski definition) is 2. The highest BCUT2D eigenvalue weighted by Crippen LogP contribution is 2.18. The van der Waals surface area contributed by atoms with Crippen molar-refractivity contribution in [2.24, 2.45) is 5.16 Å². The molecule has 0 aliphatic rings. The lowest BCUT2D eigenvalue weighted by Gasteiger charge is -2.11. The van der Waals surface area contributed by atoms with Gasteiger partial charge in [0.1, 0.15) is 5.82 Å². The fraction of sp³-hybridized carbons (Fsp3) is 0.125. The van der Waals surface area contributed by atoms with E-state index in [-0.39, 0.29) is 5.56 Å². The molecule has 0 heterocycles. The standard InChI is InChI=1S/C16H15FN2O2/c1-10-7-8-14(17)13(9-10)16(20)18-15-6-4-3-5-12(15)11(2)19-21/h3-9,21H,1-2H3,(H,18,20). The van der Waals surface area contributed by atoms with Crippen molar-refractivity contribution >= 4 is 17.3 Å². The third kappa shape index (κ3) is 3.25. The minimum Gasteiger partial charge on any atom is -0.411 e. The lowest BCUT2D eigenvalue weighted by atomic mass is 10.1. The highest BCUT2D eigenvalue weighted by molar-refractivity contribution is 6.10. The van der Waals surface area contributed by atoms with Gasteiger partial charge in [0, 0.05) is 5.56 Å². The molecule has 5 heteroatoms. The molecular formula is C16H15FN2O2. The Bertz CT molecular complexity index is 711. The Morgan fingerprint density at radius 1 is 1.19 bits per heavy atom. The molecule has 0 saturated carbocycles. The molecule has 0 spiro atoms. The maximum Gasteiger partial charge on any atom is 0.258 e. The van der Waals surface area contributed by atoms with Crippen molar-refractivity contribution in [3.8, 4) is 0 Å². The second kappa shape index (κ2) is 6.17. The number of anilines is 1. The van der Waals surface area contributed by atoms with Gasteiger partial charge in [-0.25, -0.2) is 4.39 Å². The lowest BCUT2D eigenvalue weighted by molar-refractivity contribution is 0.102. The normalized spacial score (nSPS) is 11.3. The van der Waals surface area contributed by atoms with Gasteiger partial charge in [-0.15, -0.1) is 0 Å². The molecular weight excluding hydrogens is 271 g/mol. The Kier molecular flexibility index (Phi) is 4.33. The number of rotatable bonds is 3. The summed E-state index contributed by atoms with van der Waals surface area (Å²) in [5, 5.41) is 14.6. The summed E-state index contributed by atoms with van der Waals surface area (Å²) >= 11 is 0. The topological polar surface area (TPSA) is 61.7 Å². The molecule has 2 N–H and O–H groups in total. The molecule has 2 aromatic carbocycles. The molecule has 4 nitrogen and oxygen atoms in total. The van der Waals surface area contributed by atoms with E-state index in [2.05, 4.69) is 10.5 Å². The minimum atomic E-state index is -0.580. The van der Waals surface area contributed by atoms with Crippen LogP contribution >= 0.6 is 0 Å². The number of halogens is 1. The largest absolute Gasteiger partial charge is 0.411 e. The number of aryl methyl sites for hydroxylation is 1. The summed E-state index contributed by atoms with van der Waals surface area (Å²) in [7, 11) is 0. The fourth-order valence-corrected chi connectivity index (χ4v) is 1.96. The first-order valence-electron chi connectivity index (χ1n) is 6.38. The van der Waals surface area contributed by atoms with Crippen LogP contribution in [0.4, 0.5) is 10.1 Å². The summed E-state index contributed by atoms with van der Waals surface area (Å²) < 4.78 is 13.7. The van der Waals surface area contributed by atoms with Gasteiger partial charge in [0.25, 0.3) is 5.91 Å². The zero-order chi connectivity index (χ0) is 15.4. The number of nitrogens with one attached hydrogen (secondary N) is 1. The molecule has 0 aliphatic carbocycles. The van der Waals surface area contributed by atoms with E-state index in [9.17, 15) is 9.18 Å². The Morgan fingerprint density at radius 3 is 2.62 bits per heavy atom. The van der Waals surface area contributed by atoms with Gasteiger partial charge in [0.2, 0.25) is 0 Å². The zero-order valence-electron chi connectivity index (χ0n) is 11.7. The fourth-order valence-electron chi connectivity index (χ4n) is 1.96. The van der Waals surface area contributed by atoms with E-state index in [4.69, 9.17) is 5.21 Å². The van der Waals surface area contributed by atoms with E-state index in [0.717, 1.165) is 5.56 Å². The van der Waals surface area contributed by atoms with Crippen LogP contribution in [-0.4, -0.2) is 16.8 Å². The molecule has 0 bridgehead atoms. The molecule has 0 fully saturated rings. The molecule has 108 valence electrons. The van der Waals surface area contributed by atoms with Crippen LogP contribution in [-0.2, 0) is 0 Å². The molecule has 1 amide bonds. The van der Waals surface area contributed by atoms with E-state index >= 15 is 0 Å². The highest BCUT2D eigenvalue weighted by atomic mass is 19.1. The summed E-state index contributed by atoms with van der Waals surface area (Å²) in [4.78, 5) is 12.2. The molecule has 0 saturated heterocycles. The van der Waals surface area contributed by atoms with Crippen molar-refractivity contribution < 1.29 is 14.4 Å². The van der Waals surface area contributed by atoms with Crippen LogP contribution in [0.3, 0.4) is 0 Å². The summed E-state index contributed by atoms with van der Waals surface area (Å²) in [6.45, 7) is 3.39. The van der Waals surface area contributed by atoms with E-state index < -0.39 is 11.7 Å². The Hall–Kier alpha value is -2.69. The molecule has 21 heavy (non-hydrogen) atoms. The van der Waals surface area contributed by atoms with Crippen molar-refractivity contribution in [2.45, 2.75) is 13.8 Å². The van der Waals surface area contributed by atoms with Crippen LogP contribution in [0.5, 0.6) is 0 Å². The van der Waals surface area contributed by atoms with E-state index in [1.807, 2.05) is 0 Å². The van der Waals surface area contributed by atoms with Crippen LogP contribution in [0.25, 0.3) is 0 Å². The third-order valence-electron chi connectivity index (χ3n) is 3.08. The van der Waals surface area contributed by atoms with Crippen molar-refractivity contribution in [3.63, 3.8) is 0 Å². The van der Waals surface area contributed by atoms with Crippen LogP contribution in [0.15, 0.2) is 47.6 Å². The second-order valence-electron chi connectivity index (χ2n) is 4.67. The van der Waals surface area contributed by atoms with Crippen LogP contribution in [0, 0.1) is 12.7 Å².